The number of ether oxygens (including phenoxy) is 2. The minimum absolute atomic E-state index is 0.183. The summed E-state index contributed by atoms with van der Waals surface area (Å²) in [6, 6.07) is 22.1. The Labute approximate surface area is 228 Å². The predicted octanol–water partition coefficient (Wildman–Crippen LogP) is 4.87. The molecule has 8 rings (SSSR count). The summed E-state index contributed by atoms with van der Waals surface area (Å²) in [7, 11) is 0. The van der Waals surface area contributed by atoms with Crippen molar-refractivity contribution in [1.82, 2.24) is 24.7 Å². The molecule has 9 heteroatoms. The van der Waals surface area contributed by atoms with Crippen LogP contribution in [0.25, 0.3) is 38.8 Å². The van der Waals surface area contributed by atoms with Crippen molar-refractivity contribution >= 4 is 27.9 Å². The molecule has 9 nitrogen and oxygen atoms in total. The number of rotatable bonds is 4. The molecule has 0 saturated heterocycles. The van der Waals surface area contributed by atoms with Gasteiger partial charge in [0.25, 0.3) is 5.56 Å². The molecule has 1 unspecified atom stereocenters. The molecule has 1 aliphatic heterocycles. The van der Waals surface area contributed by atoms with Crippen LogP contribution in [0.15, 0.2) is 83.9 Å². The van der Waals surface area contributed by atoms with E-state index in [0.717, 1.165) is 29.0 Å². The second-order valence-corrected chi connectivity index (χ2v) is 10.5. The lowest BCUT2D eigenvalue weighted by Gasteiger charge is -2.35. The van der Waals surface area contributed by atoms with Crippen LogP contribution in [0.5, 0.6) is 11.5 Å². The number of nitrogens with zero attached hydrogens (tertiary/aromatic N) is 4. The molecule has 0 amide bonds. The number of benzene rings is 3. The molecular weight excluding hydrogens is 504 g/mol. The van der Waals surface area contributed by atoms with Crippen molar-refractivity contribution in [2.75, 3.05) is 18.5 Å². The van der Waals surface area contributed by atoms with E-state index in [9.17, 15) is 4.79 Å². The lowest BCUT2D eigenvalue weighted by Crippen LogP contribution is -2.47. The highest BCUT2D eigenvalue weighted by atomic mass is 16.6. The van der Waals surface area contributed by atoms with Crippen molar-refractivity contribution in [3.05, 3.63) is 101 Å². The van der Waals surface area contributed by atoms with Crippen molar-refractivity contribution in [2.45, 2.75) is 18.9 Å². The van der Waals surface area contributed by atoms with Crippen LogP contribution in [0.2, 0.25) is 0 Å². The van der Waals surface area contributed by atoms with Gasteiger partial charge >= 0.3 is 0 Å². The molecule has 1 aliphatic carbocycles. The lowest BCUT2D eigenvalue weighted by molar-refractivity contribution is 0.0165. The van der Waals surface area contributed by atoms with Gasteiger partial charge < -0.3 is 14.8 Å². The highest BCUT2D eigenvalue weighted by molar-refractivity contribution is 6.02. The molecule has 3 aromatic carbocycles. The first-order valence-electron chi connectivity index (χ1n) is 13.2. The summed E-state index contributed by atoms with van der Waals surface area (Å²) in [5.74, 6) is 1.82. The van der Waals surface area contributed by atoms with Crippen molar-refractivity contribution in [3.63, 3.8) is 0 Å². The van der Waals surface area contributed by atoms with Crippen LogP contribution in [0.1, 0.15) is 18.1 Å². The van der Waals surface area contributed by atoms with Crippen molar-refractivity contribution in [2.24, 2.45) is 0 Å². The SMILES string of the molecule is CC1(CNc2ncc3c4[nH]ncc4c(=O)n(-c4cccc5c4Cc4ccccc4-5)c3n2)COc2ccccc2O1. The quantitative estimate of drug-likeness (QED) is 0.336. The van der Waals surface area contributed by atoms with Crippen LogP contribution < -0.4 is 20.3 Å². The zero-order valence-electron chi connectivity index (χ0n) is 21.6. The molecule has 4 heterocycles. The maximum absolute atomic E-state index is 13.9. The fraction of sp³-hybridized carbons (Fsp3) is 0.161. The summed E-state index contributed by atoms with van der Waals surface area (Å²) in [5, 5.41) is 11.6. The monoisotopic (exact) mass is 528 g/mol. The molecule has 6 aromatic rings. The maximum atomic E-state index is 13.9. The Morgan fingerprint density at radius 3 is 2.73 bits per heavy atom. The van der Waals surface area contributed by atoms with Crippen molar-refractivity contribution in [1.29, 1.82) is 0 Å². The van der Waals surface area contributed by atoms with Gasteiger partial charge in [-0.3, -0.25) is 14.5 Å². The first-order valence-corrected chi connectivity index (χ1v) is 13.2. The van der Waals surface area contributed by atoms with Gasteiger partial charge in [0.2, 0.25) is 5.95 Å². The summed E-state index contributed by atoms with van der Waals surface area (Å²) in [6.45, 7) is 2.76. The second kappa shape index (κ2) is 8.41. The first kappa shape index (κ1) is 22.8. The Balaban J connectivity index is 1.23. The maximum Gasteiger partial charge on any atom is 0.267 e. The van der Waals surface area contributed by atoms with E-state index in [2.05, 4.69) is 44.8 Å². The van der Waals surface area contributed by atoms with Crippen LogP contribution in [-0.4, -0.2) is 43.5 Å². The summed E-state index contributed by atoms with van der Waals surface area (Å²) < 4.78 is 13.9. The van der Waals surface area contributed by atoms with Crippen LogP contribution in [0, 0.1) is 0 Å². The number of nitrogens with one attached hydrogen (secondary N) is 2. The lowest BCUT2D eigenvalue weighted by atomic mass is 10.0. The fourth-order valence-electron chi connectivity index (χ4n) is 5.78. The average molecular weight is 529 g/mol. The van der Waals surface area contributed by atoms with E-state index in [4.69, 9.17) is 14.5 Å². The summed E-state index contributed by atoms with van der Waals surface area (Å²) in [5.41, 5.74) is 5.78. The number of pyridine rings is 1. The van der Waals surface area contributed by atoms with Gasteiger partial charge in [0.15, 0.2) is 22.7 Å². The molecule has 3 aromatic heterocycles. The zero-order chi connectivity index (χ0) is 26.8. The summed E-state index contributed by atoms with van der Waals surface area (Å²) >= 11 is 0. The van der Waals surface area contributed by atoms with Gasteiger partial charge in [0.05, 0.1) is 34.7 Å². The summed E-state index contributed by atoms with van der Waals surface area (Å²) in [6.07, 6.45) is 4.04. The molecule has 2 aliphatic rings. The van der Waals surface area contributed by atoms with Crippen molar-refractivity contribution in [3.8, 4) is 28.3 Å². The standard InChI is InChI=1S/C31H24N6O3/c1-31(17-39-25-11-4-5-12-26(25)40-31)16-33-30-32-14-22-27-23(15-34-36-27)29(38)37(28(22)35-30)24-10-6-9-20-19-8-3-2-7-18(19)13-21(20)24/h2-12,14-15H,13,16-17H2,1H3,(H,34,36)(H,32,33,35). The van der Waals surface area contributed by atoms with Crippen LogP contribution in [-0.2, 0) is 6.42 Å². The van der Waals surface area contributed by atoms with E-state index in [1.807, 2.05) is 49.4 Å². The molecule has 0 fully saturated rings. The highest BCUT2D eigenvalue weighted by Crippen LogP contribution is 2.40. The third-order valence-corrected chi connectivity index (χ3v) is 7.75. The van der Waals surface area contributed by atoms with Gasteiger partial charge in [-0.05, 0) is 47.4 Å². The Bertz CT molecular complexity index is 2030. The number of hydrogen-bond acceptors (Lipinski definition) is 7. The van der Waals surface area contributed by atoms with E-state index in [-0.39, 0.29) is 5.56 Å². The van der Waals surface area contributed by atoms with Crippen LogP contribution in [0.4, 0.5) is 5.95 Å². The van der Waals surface area contributed by atoms with E-state index in [0.29, 0.717) is 46.8 Å². The van der Waals surface area contributed by atoms with E-state index < -0.39 is 5.60 Å². The average Bonchev–Trinajstić information content (AvgIpc) is 3.62. The number of hydrogen-bond donors (Lipinski definition) is 2. The molecule has 2 N–H and O–H groups in total. The van der Waals surface area contributed by atoms with Gasteiger partial charge in [0.1, 0.15) is 6.61 Å². The third kappa shape index (κ3) is 3.40. The topological polar surface area (TPSA) is 107 Å². The Kier molecular flexibility index (Phi) is 4.79. The highest BCUT2D eigenvalue weighted by Gasteiger charge is 2.33. The number of aromatic amines is 1. The second-order valence-electron chi connectivity index (χ2n) is 10.5. The van der Waals surface area contributed by atoms with E-state index >= 15 is 0 Å². The Morgan fingerprint density at radius 2 is 1.80 bits per heavy atom. The number of para-hydroxylation sites is 2. The number of fused-ring (bicyclic) bond motifs is 7. The van der Waals surface area contributed by atoms with Crippen molar-refractivity contribution < 1.29 is 9.47 Å². The molecule has 0 radical (unpaired) electrons. The molecule has 40 heavy (non-hydrogen) atoms. The van der Waals surface area contributed by atoms with Gasteiger partial charge in [-0.15, -0.1) is 0 Å². The minimum Gasteiger partial charge on any atom is -0.485 e. The number of anilines is 1. The van der Waals surface area contributed by atoms with Gasteiger partial charge in [-0.1, -0.05) is 48.5 Å². The minimum atomic E-state index is -0.633. The van der Waals surface area contributed by atoms with Gasteiger partial charge in [0, 0.05) is 12.6 Å². The molecule has 196 valence electrons. The number of aromatic nitrogens is 5. The van der Waals surface area contributed by atoms with Crippen LogP contribution >= 0.6 is 0 Å². The largest absolute Gasteiger partial charge is 0.485 e. The Hall–Kier alpha value is -5.18. The molecule has 0 bridgehead atoms. The van der Waals surface area contributed by atoms with Gasteiger partial charge in [-0.25, -0.2) is 4.98 Å². The predicted molar refractivity (Wildman–Crippen MR) is 152 cm³/mol. The zero-order valence-corrected chi connectivity index (χ0v) is 21.6. The first-order chi connectivity index (χ1) is 19.6. The molecular formula is C31H24N6O3. The normalized spacial score (nSPS) is 17.1. The van der Waals surface area contributed by atoms with E-state index in [1.165, 1.54) is 11.1 Å². The molecule has 0 spiro atoms. The Morgan fingerprint density at radius 1 is 0.975 bits per heavy atom. The van der Waals surface area contributed by atoms with E-state index in [1.54, 1.807) is 17.0 Å². The molecule has 1 atom stereocenters. The fourth-order valence-corrected chi connectivity index (χ4v) is 5.78. The third-order valence-electron chi connectivity index (χ3n) is 7.75. The number of H-pyrrole nitrogens is 1. The summed E-state index contributed by atoms with van der Waals surface area (Å²) in [4.78, 5) is 23.4. The van der Waals surface area contributed by atoms with Gasteiger partial charge in [-0.2, -0.15) is 10.1 Å². The smallest absolute Gasteiger partial charge is 0.267 e. The molecule has 0 saturated carbocycles. The van der Waals surface area contributed by atoms with Crippen LogP contribution in [0.3, 0.4) is 0 Å².